The van der Waals surface area contributed by atoms with E-state index in [0.29, 0.717) is 11.5 Å². The van der Waals surface area contributed by atoms with Crippen LogP contribution in [0.1, 0.15) is 77.6 Å². The molecule has 8 aromatic rings. The number of rotatable bonds is 7. The minimum Gasteiger partial charge on any atom is -0.509 e. The van der Waals surface area contributed by atoms with Crippen molar-refractivity contribution in [1.82, 2.24) is 9.55 Å². The van der Waals surface area contributed by atoms with Gasteiger partial charge in [0.1, 0.15) is 5.82 Å². The molecule has 0 spiro atoms. The van der Waals surface area contributed by atoms with Crippen LogP contribution in [-0.4, -0.2) is 9.55 Å². The fourth-order valence-corrected chi connectivity index (χ4v) is 8.00. The van der Waals surface area contributed by atoms with E-state index in [1.54, 1.807) is 0 Å². The van der Waals surface area contributed by atoms with Crippen molar-refractivity contribution in [3.63, 3.8) is 0 Å². The Morgan fingerprint density at radius 3 is 1.90 bits per heavy atom. The normalized spacial score (nSPS) is 13.2. The first-order valence-electron chi connectivity index (χ1n) is 20.1. The molecule has 300 valence electrons. The largest absolute Gasteiger partial charge is 0.509 e. The monoisotopic (exact) mass is 952 g/mol. The number of fused-ring (bicyclic) bond motifs is 4. The number of hydrogen-bond acceptors (Lipinski definition) is 4. The molecule has 1 aliphatic heterocycles. The molecule has 0 fully saturated rings. The van der Waals surface area contributed by atoms with Crippen LogP contribution >= 0.6 is 0 Å². The van der Waals surface area contributed by atoms with E-state index in [1.165, 1.54) is 22.3 Å². The number of pyridine rings is 1. The van der Waals surface area contributed by atoms with Crippen LogP contribution in [0.3, 0.4) is 0 Å². The second-order valence-corrected chi connectivity index (χ2v) is 17.9. The van der Waals surface area contributed by atoms with Crippen LogP contribution < -0.4 is 14.5 Å². The molecule has 2 aromatic heterocycles. The average Bonchev–Trinajstić information content (AvgIpc) is 3.77. The summed E-state index contributed by atoms with van der Waals surface area (Å²) in [7, 11) is 0. The number of para-hydroxylation sites is 3. The van der Waals surface area contributed by atoms with Crippen molar-refractivity contribution >= 4 is 44.6 Å². The minimum absolute atomic E-state index is 0. The molecule has 5 nitrogen and oxygen atoms in total. The van der Waals surface area contributed by atoms with Gasteiger partial charge in [0.15, 0.2) is 0 Å². The molecule has 0 amide bonds. The second kappa shape index (κ2) is 15.2. The van der Waals surface area contributed by atoms with Gasteiger partial charge >= 0.3 is 0 Å². The number of aromatic nitrogens is 2. The van der Waals surface area contributed by atoms with Gasteiger partial charge in [-0.15, -0.1) is 48.1 Å². The van der Waals surface area contributed by atoms with Crippen LogP contribution in [-0.2, 0) is 37.3 Å². The van der Waals surface area contributed by atoms with Crippen LogP contribution in [0.25, 0.3) is 27.6 Å². The van der Waals surface area contributed by atoms with Crippen molar-refractivity contribution in [1.29, 1.82) is 0 Å². The zero-order valence-electron chi connectivity index (χ0n) is 34.9. The average molecular weight is 953 g/mol. The van der Waals surface area contributed by atoms with Gasteiger partial charge in [-0.2, -0.15) is 12.1 Å². The third kappa shape index (κ3) is 7.47. The predicted octanol–water partition coefficient (Wildman–Crippen LogP) is 13.9. The number of benzene rings is 6. The molecule has 1 aliphatic rings. The van der Waals surface area contributed by atoms with E-state index in [9.17, 15) is 0 Å². The van der Waals surface area contributed by atoms with E-state index in [2.05, 4.69) is 210 Å². The Morgan fingerprint density at radius 1 is 0.542 bits per heavy atom. The Balaban J connectivity index is 0.00000484. The maximum atomic E-state index is 6.62. The molecule has 3 heterocycles. The molecule has 0 N–H and O–H groups in total. The van der Waals surface area contributed by atoms with Crippen LogP contribution in [0.15, 0.2) is 146 Å². The molecule has 0 bridgehead atoms. The third-order valence-electron chi connectivity index (χ3n) is 11.5. The van der Waals surface area contributed by atoms with Crippen molar-refractivity contribution in [3.8, 4) is 17.3 Å². The fraction of sp³-hybridized carbons (Fsp3) is 0.208. The summed E-state index contributed by atoms with van der Waals surface area (Å²) in [5.74, 6) is 2.05. The molecule has 6 aromatic carbocycles. The van der Waals surface area contributed by atoms with E-state index in [0.717, 1.165) is 50.4 Å². The molecule has 0 aliphatic carbocycles. The van der Waals surface area contributed by atoms with Gasteiger partial charge in [-0.05, 0) is 80.9 Å². The molecule has 0 saturated carbocycles. The van der Waals surface area contributed by atoms with Gasteiger partial charge in [0.25, 0.3) is 0 Å². The smallest absolute Gasteiger partial charge is 0.135 e. The summed E-state index contributed by atoms with van der Waals surface area (Å²) in [4.78, 5) is 9.42. The van der Waals surface area contributed by atoms with Gasteiger partial charge in [0, 0.05) is 66.8 Å². The fourth-order valence-electron chi connectivity index (χ4n) is 8.00. The zero-order valence-corrected chi connectivity index (χ0v) is 37.2. The molecule has 59 heavy (non-hydrogen) atoms. The maximum Gasteiger partial charge on any atom is 0.135 e. The van der Waals surface area contributed by atoms with E-state index in [1.807, 2.05) is 24.4 Å². The summed E-state index contributed by atoms with van der Waals surface area (Å²) >= 11 is 0. The van der Waals surface area contributed by atoms with Gasteiger partial charge in [-0.25, -0.2) is 4.98 Å². The molecule has 0 radical (unpaired) electrons. The first-order chi connectivity index (χ1) is 27.8. The van der Waals surface area contributed by atoms with Crippen LogP contribution in [0.5, 0.6) is 11.5 Å². The maximum absolute atomic E-state index is 6.62. The van der Waals surface area contributed by atoms with Gasteiger partial charge in [0.05, 0.1) is 0 Å². The molecule has 0 unspecified atom stereocenters. The number of hydrogen-bond donors (Lipinski definition) is 0. The summed E-state index contributed by atoms with van der Waals surface area (Å²) in [5, 5.41) is 2.22. The van der Waals surface area contributed by atoms with Crippen LogP contribution in [0, 0.1) is 18.8 Å². The number of ether oxygens (including phenoxy) is 1. The van der Waals surface area contributed by atoms with Crippen molar-refractivity contribution < 1.29 is 25.8 Å². The molecule has 9 rings (SSSR count). The molecular formula is C53H49N4OPt-3. The van der Waals surface area contributed by atoms with Crippen molar-refractivity contribution in [2.45, 2.75) is 71.6 Å². The van der Waals surface area contributed by atoms with E-state index in [-0.39, 0.29) is 37.3 Å². The van der Waals surface area contributed by atoms with Gasteiger partial charge in [-0.1, -0.05) is 128 Å². The molecule has 0 atom stereocenters. The number of nitrogens with zero attached hydrogens (tertiary/aromatic N) is 4. The Bertz CT molecular complexity index is 2780. The first kappa shape index (κ1) is 40.2. The standard InChI is InChI=1S/C53H49N4O.Pt/c1-51(2,3)38-29-39(52(4,5)6)31-41(30-38)56-35-55(47-23-14-15-24-48(47)56)40-19-16-20-42(33-40)58-43-25-26-45-44-21-12-13-22-46(44)57(49(45)34-43)50-32-37(27-28-54-50)53(7,8)36-17-10-9-11-18-36;/h9-32,35H,1-8H3;/q-3;. The molecule has 6 heteroatoms. The van der Waals surface area contributed by atoms with Crippen molar-refractivity contribution in [2.24, 2.45) is 0 Å². The zero-order chi connectivity index (χ0) is 40.4. The summed E-state index contributed by atoms with van der Waals surface area (Å²) in [6, 6.07) is 56.4. The molecular weight excluding hydrogens is 904 g/mol. The summed E-state index contributed by atoms with van der Waals surface area (Å²) in [6.45, 7) is 20.4. The van der Waals surface area contributed by atoms with Crippen molar-refractivity contribution in [3.05, 3.63) is 187 Å². The Hall–Kier alpha value is -5.64. The summed E-state index contributed by atoms with van der Waals surface area (Å²) in [5.41, 5.74) is 11.0. The summed E-state index contributed by atoms with van der Waals surface area (Å²) in [6.07, 6.45) is 1.91. The first-order valence-corrected chi connectivity index (χ1v) is 20.1. The predicted molar refractivity (Wildman–Crippen MR) is 240 cm³/mol. The quantitative estimate of drug-likeness (QED) is 0.149. The molecule has 0 saturated heterocycles. The van der Waals surface area contributed by atoms with E-state index >= 15 is 0 Å². The van der Waals surface area contributed by atoms with E-state index < -0.39 is 0 Å². The Morgan fingerprint density at radius 2 is 1.19 bits per heavy atom. The van der Waals surface area contributed by atoms with E-state index in [4.69, 9.17) is 9.72 Å². The Kier molecular flexibility index (Phi) is 10.3. The van der Waals surface area contributed by atoms with Gasteiger partial charge < -0.3 is 19.1 Å². The topological polar surface area (TPSA) is 33.5 Å². The summed E-state index contributed by atoms with van der Waals surface area (Å²) < 4.78 is 8.82. The third-order valence-corrected chi connectivity index (χ3v) is 11.5. The second-order valence-electron chi connectivity index (χ2n) is 17.9. The SMILES string of the molecule is CC(C)(C)c1cc(N2[CH-]N(c3[c-]c(Oc4[c-]c5c(cc4)c4ccccc4n5-c4cc(C(C)(C)c5ccccc5)ccn4)ccc3)c3ccccc32)cc(C(C)(C)C)c1.[Pt]. The Labute approximate surface area is 363 Å². The minimum atomic E-state index is -0.216. The van der Waals surface area contributed by atoms with Crippen molar-refractivity contribution in [2.75, 3.05) is 9.80 Å². The van der Waals surface area contributed by atoms with Gasteiger partial charge in [-0.3, -0.25) is 0 Å². The number of anilines is 4. The van der Waals surface area contributed by atoms with Crippen LogP contribution in [0.4, 0.5) is 22.7 Å². The van der Waals surface area contributed by atoms with Crippen LogP contribution in [0.2, 0.25) is 0 Å². The van der Waals surface area contributed by atoms with Gasteiger partial charge in [0.2, 0.25) is 0 Å².